The summed E-state index contributed by atoms with van der Waals surface area (Å²) in [5.41, 5.74) is 3.00. The summed E-state index contributed by atoms with van der Waals surface area (Å²) in [6.07, 6.45) is 0. The zero-order valence-electron chi connectivity index (χ0n) is 11.9. The monoisotopic (exact) mass is 358 g/mol. The van der Waals surface area contributed by atoms with Gasteiger partial charge in [-0.1, -0.05) is 35.5 Å². The maximum Gasteiger partial charge on any atom is 0.186 e. The minimum atomic E-state index is 0.752. The molecule has 0 saturated carbocycles. The molecule has 0 atom stereocenters. The lowest BCUT2D eigenvalue weighted by molar-refractivity contribution is 0.861. The van der Waals surface area contributed by atoms with Crippen LogP contribution in [0.15, 0.2) is 58.3 Å². The van der Waals surface area contributed by atoms with Gasteiger partial charge in [-0.3, -0.25) is 0 Å². The predicted octanol–water partition coefficient (Wildman–Crippen LogP) is 4.80. The molecule has 114 valence electrons. The fraction of sp³-hybridized carbons (Fsp3) is 0.0625. The largest absolute Gasteiger partial charge is 0.192 e. The second-order valence-electron chi connectivity index (χ2n) is 4.89. The molecule has 0 spiro atoms. The molecule has 0 saturated heterocycles. The van der Waals surface area contributed by atoms with Crippen molar-refractivity contribution in [3.63, 3.8) is 0 Å². The average Bonchev–Trinajstić information content (AvgIpc) is 3.23. The third-order valence-corrected chi connectivity index (χ3v) is 5.24. The maximum atomic E-state index is 5.91. The van der Waals surface area contributed by atoms with Crippen LogP contribution in [0.5, 0.6) is 0 Å². The Morgan fingerprint density at radius 1 is 1.04 bits per heavy atom. The SMILES string of the molecule is Clc1ccc(CSc2ccc3nnc(-c4ccsc4)n3n2)cc1. The summed E-state index contributed by atoms with van der Waals surface area (Å²) in [7, 11) is 0. The molecule has 0 amide bonds. The van der Waals surface area contributed by atoms with E-state index in [1.807, 2.05) is 53.2 Å². The number of aromatic nitrogens is 4. The van der Waals surface area contributed by atoms with Gasteiger partial charge in [-0.25, -0.2) is 0 Å². The lowest BCUT2D eigenvalue weighted by atomic mass is 10.2. The van der Waals surface area contributed by atoms with Gasteiger partial charge >= 0.3 is 0 Å². The van der Waals surface area contributed by atoms with Crippen molar-refractivity contribution in [2.24, 2.45) is 0 Å². The summed E-state index contributed by atoms with van der Waals surface area (Å²) in [6, 6.07) is 13.8. The summed E-state index contributed by atoms with van der Waals surface area (Å²) >= 11 is 9.22. The predicted molar refractivity (Wildman–Crippen MR) is 95.1 cm³/mol. The lowest BCUT2D eigenvalue weighted by Gasteiger charge is -2.03. The van der Waals surface area contributed by atoms with E-state index in [1.165, 1.54) is 5.56 Å². The van der Waals surface area contributed by atoms with Crippen LogP contribution in [-0.2, 0) is 5.75 Å². The molecule has 3 aromatic heterocycles. The molecule has 0 aliphatic heterocycles. The summed E-state index contributed by atoms with van der Waals surface area (Å²) in [5, 5.41) is 18.8. The minimum Gasteiger partial charge on any atom is -0.192 e. The number of hydrogen-bond donors (Lipinski definition) is 0. The van der Waals surface area contributed by atoms with Crippen molar-refractivity contribution >= 4 is 40.3 Å². The molecule has 7 heteroatoms. The first kappa shape index (κ1) is 14.7. The van der Waals surface area contributed by atoms with Crippen LogP contribution in [0.2, 0.25) is 5.02 Å². The molecule has 0 aliphatic carbocycles. The fourth-order valence-corrected chi connectivity index (χ4v) is 3.73. The van der Waals surface area contributed by atoms with Gasteiger partial charge in [0.1, 0.15) is 5.03 Å². The first-order valence-corrected chi connectivity index (χ1v) is 9.22. The quantitative estimate of drug-likeness (QED) is 0.491. The van der Waals surface area contributed by atoms with Crippen molar-refractivity contribution in [3.8, 4) is 11.4 Å². The molecule has 0 aliphatic rings. The first-order chi connectivity index (χ1) is 11.3. The number of halogens is 1. The van der Waals surface area contributed by atoms with E-state index >= 15 is 0 Å². The van der Waals surface area contributed by atoms with Crippen LogP contribution in [0.3, 0.4) is 0 Å². The molecule has 4 aromatic rings. The Kier molecular flexibility index (Phi) is 4.03. The first-order valence-electron chi connectivity index (χ1n) is 6.92. The second kappa shape index (κ2) is 6.31. The van der Waals surface area contributed by atoms with Crippen molar-refractivity contribution in [1.29, 1.82) is 0 Å². The molecule has 0 N–H and O–H groups in total. The van der Waals surface area contributed by atoms with Crippen LogP contribution in [0, 0.1) is 0 Å². The minimum absolute atomic E-state index is 0.752. The fourth-order valence-electron chi connectivity index (χ4n) is 2.16. The Morgan fingerprint density at radius 2 is 1.91 bits per heavy atom. The van der Waals surface area contributed by atoms with E-state index in [0.29, 0.717) is 0 Å². The van der Waals surface area contributed by atoms with Crippen LogP contribution >= 0.6 is 34.7 Å². The van der Waals surface area contributed by atoms with Crippen molar-refractivity contribution in [3.05, 3.63) is 63.8 Å². The van der Waals surface area contributed by atoms with E-state index in [0.717, 1.165) is 32.8 Å². The highest BCUT2D eigenvalue weighted by Crippen LogP contribution is 2.24. The third kappa shape index (κ3) is 3.10. The zero-order valence-corrected chi connectivity index (χ0v) is 14.3. The van der Waals surface area contributed by atoms with E-state index in [1.54, 1.807) is 27.6 Å². The van der Waals surface area contributed by atoms with E-state index in [-0.39, 0.29) is 0 Å². The third-order valence-electron chi connectivity index (χ3n) is 3.32. The van der Waals surface area contributed by atoms with Gasteiger partial charge in [-0.2, -0.15) is 21.0 Å². The molecule has 0 bridgehead atoms. The Balaban J connectivity index is 1.60. The van der Waals surface area contributed by atoms with Crippen molar-refractivity contribution < 1.29 is 0 Å². The summed E-state index contributed by atoms with van der Waals surface area (Å²) in [5.74, 6) is 1.61. The molecule has 23 heavy (non-hydrogen) atoms. The van der Waals surface area contributed by atoms with Gasteiger partial charge in [0.25, 0.3) is 0 Å². The van der Waals surface area contributed by atoms with Crippen molar-refractivity contribution in [2.75, 3.05) is 0 Å². The number of thioether (sulfide) groups is 1. The number of benzene rings is 1. The second-order valence-corrected chi connectivity index (χ2v) is 7.10. The van der Waals surface area contributed by atoms with Crippen LogP contribution in [0.25, 0.3) is 17.0 Å². The maximum absolute atomic E-state index is 5.91. The van der Waals surface area contributed by atoms with E-state index < -0.39 is 0 Å². The Labute approximate surface area is 146 Å². The van der Waals surface area contributed by atoms with Gasteiger partial charge in [0, 0.05) is 21.7 Å². The van der Waals surface area contributed by atoms with Crippen molar-refractivity contribution in [1.82, 2.24) is 19.8 Å². The molecule has 3 heterocycles. The highest BCUT2D eigenvalue weighted by atomic mass is 35.5. The smallest absolute Gasteiger partial charge is 0.186 e. The lowest BCUT2D eigenvalue weighted by Crippen LogP contribution is -1.96. The highest BCUT2D eigenvalue weighted by Gasteiger charge is 2.10. The zero-order chi connectivity index (χ0) is 15.6. The summed E-state index contributed by atoms with van der Waals surface area (Å²) < 4.78 is 1.80. The Bertz CT molecular complexity index is 933. The van der Waals surface area contributed by atoms with E-state index in [4.69, 9.17) is 11.6 Å². The Hall–Kier alpha value is -1.89. The molecule has 4 rings (SSSR count). The number of fused-ring (bicyclic) bond motifs is 1. The van der Waals surface area contributed by atoms with Crippen LogP contribution < -0.4 is 0 Å². The van der Waals surface area contributed by atoms with Gasteiger partial charge in [0.2, 0.25) is 0 Å². The average molecular weight is 359 g/mol. The molecule has 4 nitrogen and oxygen atoms in total. The number of thiophene rings is 1. The number of nitrogens with zero attached hydrogens (tertiary/aromatic N) is 4. The normalized spacial score (nSPS) is 11.2. The Morgan fingerprint density at radius 3 is 2.70 bits per heavy atom. The highest BCUT2D eigenvalue weighted by molar-refractivity contribution is 7.98. The van der Waals surface area contributed by atoms with Crippen molar-refractivity contribution in [2.45, 2.75) is 10.8 Å². The molecular formula is C16H11ClN4S2. The van der Waals surface area contributed by atoms with Crippen LogP contribution in [0.4, 0.5) is 0 Å². The molecular weight excluding hydrogens is 348 g/mol. The summed E-state index contributed by atoms with van der Waals surface area (Å²) in [4.78, 5) is 0. The molecule has 0 radical (unpaired) electrons. The molecule has 0 fully saturated rings. The molecule has 1 aromatic carbocycles. The van der Waals surface area contributed by atoms with Crippen LogP contribution in [-0.4, -0.2) is 19.8 Å². The standard InChI is InChI=1S/C16H11ClN4S2/c17-13-3-1-11(2-4-13)9-23-15-6-5-14-18-19-16(21(14)20-15)12-7-8-22-10-12/h1-8,10H,9H2. The topological polar surface area (TPSA) is 43.1 Å². The summed E-state index contributed by atoms with van der Waals surface area (Å²) in [6.45, 7) is 0. The van der Waals surface area contributed by atoms with Gasteiger partial charge in [-0.15, -0.1) is 10.2 Å². The van der Waals surface area contributed by atoms with Crippen LogP contribution in [0.1, 0.15) is 5.56 Å². The van der Waals surface area contributed by atoms with E-state index in [2.05, 4.69) is 15.3 Å². The van der Waals surface area contributed by atoms with Gasteiger partial charge in [0.05, 0.1) is 0 Å². The van der Waals surface area contributed by atoms with E-state index in [9.17, 15) is 0 Å². The van der Waals surface area contributed by atoms with Gasteiger partial charge in [0.15, 0.2) is 11.5 Å². The molecule has 0 unspecified atom stereocenters. The van der Waals surface area contributed by atoms with Gasteiger partial charge < -0.3 is 0 Å². The van der Waals surface area contributed by atoms with Gasteiger partial charge in [-0.05, 0) is 41.3 Å². The number of rotatable bonds is 4. The number of hydrogen-bond acceptors (Lipinski definition) is 5.